The van der Waals surface area contributed by atoms with E-state index in [1.807, 2.05) is 6.08 Å². The fourth-order valence-corrected chi connectivity index (χ4v) is 9.06. The summed E-state index contributed by atoms with van der Waals surface area (Å²) in [5.41, 5.74) is 0. The molecule has 0 aromatic heterocycles. The molecule has 65 heavy (non-hydrogen) atoms. The third kappa shape index (κ3) is 36.3. The van der Waals surface area contributed by atoms with Crippen molar-refractivity contribution in [3.05, 3.63) is 24.3 Å². The molecule has 1 amide bonds. The number of rotatable bonds is 48. The predicted octanol–water partition coefficient (Wildman–Crippen LogP) is 13.4. The third-order valence-corrected chi connectivity index (χ3v) is 13.5. The van der Waals surface area contributed by atoms with E-state index in [4.69, 9.17) is 9.47 Å². The molecule has 1 aliphatic rings. The highest BCUT2D eigenvalue weighted by Crippen LogP contribution is 2.23. The minimum Gasteiger partial charge on any atom is -0.394 e. The lowest BCUT2D eigenvalue weighted by Crippen LogP contribution is -2.60. The quantitative estimate of drug-likeness (QED) is 0.0261. The first kappa shape index (κ1) is 61.7. The Morgan fingerprint density at radius 2 is 0.877 bits per heavy atom. The number of carbonyl (C=O) groups is 1. The second-order valence-corrected chi connectivity index (χ2v) is 19.7. The molecular formula is C56H107NO8. The predicted molar refractivity (Wildman–Crippen MR) is 272 cm³/mol. The minimum absolute atomic E-state index is 0.181. The van der Waals surface area contributed by atoms with Crippen LogP contribution in [0.1, 0.15) is 271 Å². The van der Waals surface area contributed by atoms with Crippen molar-refractivity contribution in [1.29, 1.82) is 0 Å². The third-order valence-electron chi connectivity index (χ3n) is 13.5. The molecule has 1 saturated heterocycles. The van der Waals surface area contributed by atoms with Gasteiger partial charge < -0.3 is 40.3 Å². The second kappa shape index (κ2) is 46.4. The molecule has 0 aromatic carbocycles. The SMILES string of the molecule is CCCCCCCCCCCCCCCCCCC/C=C/CC/C=C/C(O)C(COC1OC(CO)C(O)C(O)C1O)NC(=O)CCCCCCCCCCCCCCCCCCCCC. The van der Waals surface area contributed by atoms with E-state index in [1.165, 1.54) is 212 Å². The zero-order valence-corrected chi connectivity index (χ0v) is 42.5. The summed E-state index contributed by atoms with van der Waals surface area (Å²) in [4.78, 5) is 13.0. The summed E-state index contributed by atoms with van der Waals surface area (Å²) in [6.45, 7) is 3.80. The van der Waals surface area contributed by atoms with E-state index in [0.29, 0.717) is 6.42 Å². The Morgan fingerprint density at radius 3 is 1.29 bits per heavy atom. The molecule has 1 rings (SSSR count). The first-order valence-electron chi connectivity index (χ1n) is 28.1. The van der Waals surface area contributed by atoms with E-state index in [-0.39, 0.29) is 12.5 Å². The summed E-state index contributed by atoms with van der Waals surface area (Å²) in [5.74, 6) is -0.181. The molecule has 0 spiro atoms. The molecule has 9 heteroatoms. The Kier molecular flexibility index (Phi) is 44.0. The summed E-state index contributed by atoms with van der Waals surface area (Å²) < 4.78 is 11.3. The van der Waals surface area contributed by atoms with Crippen molar-refractivity contribution in [1.82, 2.24) is 5.32 Å². The Bertz CT molecular complexity index is 1070. The van der Waals surface area contributed by atoms with Crippen molar-refractivity contribution in [3.63, 3.8) is 0 Å². The van der Waals surface area contributed by atoms with E-state index >= 15 is 0 Å². The van der Waals surface area contributed by atoms with Gasteiger partial charge in [0.1, 0.15) is 24.4 Å². The fourth-order valence-electron chi connectivity index (χ4n) is 9.06. The Hall–Kier alpha value is -1.33. The van der Waals surface area contributed by atoms with Crippen LogP contribution in [0.15, 0.2) is 24.3 Å². The topological polar surface area (TPSA) is 149 Å². The second-order valence-electron chi connectivity index (χ2n) is 19.7. The molecule has 7 atom stereocenters. The number of amides is 1. The minimum atomic E-state index is -1.57. The zero-order chi connectivity index (χ0) is 47.3. The molecule has 9 nitrogen and oxygen atoms in total. The highest BCUT2D eigenvalue weighted by atomic mass is 16.7. The molecule has 6 N–H and O–H groups in total. The number of allylic oxidation sites excluding steroid dienone is 3. The molecule has 1 aliphatic heterocycles. The van der Waals surface area contributed by atoms with E-state index in [1.54, 1.807) is 6.08 Å². The van der Waals surface area contributed by atoms with Gasteiger partial charge in [-0.2, -0.15) is 0 Å². The average Bonchev–Trinajstić information content (AvgIpc) is 3.31. The molecule has 0 aromatic rings. The summed E-state index contributed by atoms with van der Waals surface area (Å²) >= 11 is 0. The van der Waals surface area contributed by atoms with E-state index in [0.717, 1.165) is 38.5 Å². The van der Waals surface area contributed by atoms with Crippen molar-refractivity contribution in [3.8, 4) is 0 Å². The largest absolute Gasteiger partial charge is 0.394 e. The van der Waals surface area contributed by atoms with Crippen LogP contribution in [-0.2, 0) is 14.3 Å². The number of hydrogen-bond acceptors (Lipinski definition) is 8. The molecule has 1 heterocycles. The summed E-state index contributed by atoms with van der Waals surface area (Å²) in [5, 5.41) is 54.4. The van der Waals surface area contributed by atoms with Crippen LogP contribution in [-0.4, -0.2) is 87.5 Å². The summed E-state index contributed by atoms with van der Waals surface area (Å²) in [6.07, 6.45) is 51.0. The van der Waals surface area contributed by atoms with Gasteiger partial charge in [-0.25, -0.2) is 0 Å². The van der Waals surface area contributed by atoms with Crippen LogP contribution >= 0.6 is 0 Å². The highest BCUT2D eigenvalue weighted by Gasteiger charge is 2.44. The first-order chi connectivity index (χ1) is 31.8. The van der Waals surface area contributed by atoms with Gasteiger partial charge in [-0.05, 0) is 32.1 Å². The average molecular weight is 922 g/mol. The molecule has 0 aliphatic carbocycles. The fraction of sp³-hybridized carbons (Fsp3) is 0.911. The molecule has 0 bridgehead atoms. The van der Waals surface area contributed by atoms with Gasteiger partial charge in [0.05, 0.1) is 25.4 Å². The summed E-state index contributed by atoms with van der Waals surface area (Å²) in [7, 11) is 0. The van der Waals surface area contributed by atoms with Crippen LogP contribution < -0.4 is 5.32 Å². The smallest absolute Gasteiger partial charge is 0.220 e. The normalized spacial score (nSPS) is 20.0. The molecule has 1 fully saturated rings. The molecule has 0 saturated carbocycles. The Morgan fingerprint density at radius 1 is 0.508 bits per heavy atom. The monoisotopic (exact) mass is 922 g/mol. The maximum absolute atomic E-state index is 13.0. The van der Waals surface area contributed by atoms with E-state index in [2.05, 4.69) is 31.3 Å². The number of ether oxygens (including phenoxy) is 2. The number of hydrogen-bond donors (Lipinski definition) is 6. The maximum Gasteiger partial charge on any atom is 0.220 e. The standard InChI is InChI=1S/C56H107NO8/c1-3-5-7-9-11-13-15-17-19-21-23-24-25-26-28-29-31-33-35-37-39-41-43-45-50(59)49(48-64-56-55(63)54(62)53(61)51(47-58)65-56)57-52(60)46-44-42-40-38-36-34-32-30-27-22-20-18-16-14-12-10-8-6-4-2/h35,37,43,45,49-51,53-56,58-59,61-63H,3-34,36,38-42,44,46-48H2,1-2H3,(H,57,60)/b37-35+,45-43+. The first-order valence-corrected chi connectivity index (χ1v) is 28.1. The van der Waals surface area contributed by atoms with Crippen molar-refractivity contribution in [2.45, 2.75) is 314 Å². The van der Waals surface area contributed by atoms with Gasteiger partial charge in [0.2, 0.25) is 5.91 Å². The van der Waals surface area contributed by atoms with E-state index in [9.17, 15) is 30.3 Å². The van der Waals surface area contributed by atoms with Crippen LogP contribution in [0.25, 0.3) is 0 Å². The van der Waals surface area contributed by atoms with E-state index < -0.39 is 49.5 Å². The number of nitrogens with one attached hydrogen (secondary N) is 1. The maximum atomic E-state index is 13.0. The van der Waals surface area contributed by atoms with Crippen LogP contribution in [0.5, 0.6) is 0 Å². The van der Waals surface area contributed by atoms with Crippen molar-refractivity contribution in [2.24, 2.45) is 0 Å². The van der Waals surface area contributed by atoms with Gasteiger partial charge in [0.15, 0.2) is 6.29 Å². The number of carbonyl (C=O) groups excluding carboxylic acids is 1. The summed E-state index contributed by atoms with van der Waals surface area (Å²) in [6, 6.07) is -0.818. The van der Waals surface area contributed by atoms with Gasteiger partial charge >= 0.3 is 0 Å². The molecule has 7 unspecified atom stereocenters. The van der Waals surface area contributed by atoms with Gasteiger partial charge in [-0.1, -0.05) is 256 Å². The number of aliphatic hydroxyl groups is 5. The molecule has 0 radical (unpaired) electrons. The van der Waals surface area contributed by atoms with Crippen molar-refractivity contribution >= 4 is 5.91 Å². The number of unbranched alkanes of at least 4 members (excludes halogenated alkanes) is 36. The van der Waals surface area contributed by atoms with Crippen molar-refractivity contribution in [2.75, 3.05) is 13.2 Å². The Balaban J connectivity index is 2.26. The van der Waals surface area contributed by atoms with Gasteiger partial charge in [0, 0.05) is 6.42 Å². The molecule has 384 valence electrons. The van der Waals surface area contributed by atoms with Gasteiger partial charge in [0.25, 0.3) is 0 Å². The van der Waals surface area contributed by atoms with Crippen LogP contribution in [0.4, 0.5) is 0 Å². The van der Waals surface area contributed by atoms with Crippen LogP contribution in [0, 0.1) is 0 Å². The Labute approximate surface area is 400 Å². The van der Waals surface area contributed by atoms with Crippen LogP contribution in [0.3, 0.4) is 0 Å². The van der Waals surface area contributed by atoms with Crippen LogP contribution in [0.2, 0.25) is 0 Å². The highest BCUT2D eigenvalue weighted by molar-refractivity contribution is 5.76. The van der Waals surface area contributed by atoms with Gasteiger partial charge in [-0.3, -0.25) is 4.79 Å². The number of aliphatic hydroxyl groups excluding tert-OH is 5. The molecular weight excluding hydrogens is 815 g/mol. The lowest BCUT2D eigenvalue weighted by atomic mass is 9.99. The lowest BCUT2D eigenvalue weighted by Gasteiger charge is -2.40. The van der Waals surface area contributed by atoms with Gasteiger partial charge in [-0.15, -0.1) is 0 Å². The zero-order valence-electron chi connectivity index (χ0n) is 42.5. The lowest BCUT2D eigenvalue weighted by molar-refractivity contribution is -0.302. The van der Waals surface area contributed by atoms with Crippen molar-refractivity contribution < 1.29 is 39.8 Å².